The van der Waals surface area contributed by atoms with Crippen molar-refractivity contribution in [2.45, 2.75) is 63.3 Å². The maximum atomic E-state index is 13.3. The molecule has 2 aliphatic rings. The number of amides is 1. The van der Waals surface area contributed by atoms with Crippen LogP contribution >= 0.6 is 0 Å². The molecule has 1 aliphatic carbocycles. The Labute approximate surface area is 144 Å². The first-order chi connectivity index (χ1) is 11.7. The molecule has 24 heavy (non-hydrogen) atoms. The van der Waals surface area contributed by atoms with Crippen molar-refractivity contribution in [2.75, 3.05) is 13.2 Å². The molecule has 3 nitrogen and oxygen atoms in total. The Morgan fingerprint density at radius 1 is 1.08 bits per heavy atom. The van der Waals surface area contributed by atoms with Crippen LogP contribution in [0.4, 0.5) is 4.39 Å². The minimum atomic E-state index is -0.226. The smallest absolute Gasteiger partial charge is 0.220 e. The monoisotopic (exact) mass is 333 g/mol. The zero-order chi connectivity index (χ0) is 16.8. The molecule has 4 heteroatoms. The van der Waals surface area contributed by atoms with Crippen LogP contribution in [0.25, 0.3) is 0 Å². The van der Waals surface area contributed by atoms with Crippen molar-refractivity contribution in [1.82, 2.24) is 5.32 Å². The number of rotatable bonds is 5. The molecule has 0 bridgehead atoms. The van der Waals surface area contributed by atoms with E-state index in [2.05, 4.69) is 5.32 Å². The van der Waals surface area contributed by atoms with Gasteiger partial charge in [-0.25, -0.2) is 4.39 Å². The predicted molar refractivity (Wildman–Crippen MR) is 92.3 cm³/mol. The lowest BCUT2D eigenvalue weighted by Crippen LogP contribution is -2.37. The Balaban J connectivity index is 1.66. The highest BCUT2D eigenvalue weighted by atomic mass is 19.1. The molecule has 2 fully saturated rings. The Hall–Kier alpha value is -1.42. The number of hydrogen-bond acceptors (Lipinski definition) is 2. The summed E-state index contributed by atoms with van der Waals surface area (Å²) in [5, 5.41) is 3.23. The zero-order valence-electron chi connectivity index (χ0n) is 14.3. The molecule has 1 aliphatic heterocycles. The van der Waals surface area contributed by atoms with Gasteiger partial charge in [0.05, 0.1) is 0 Å². The van der Waals surface area contributed by atoms with E-state index in [9.17, 15) is 9.18 Å². The number of ether oxygens (including phenoxy) is 1. The van der Waals surface area contributed by atoms with E-state index < -0.39 is 0 Å². The molecule has 1 heterocycles. The maximum absolute atomic E-state index is 13.3. The largest absolute Gasteiger partial charge is 0.381 e. The summed E-state index contributed by atoms with van der Waals surface area (Å²) in [5.41, 5.74) is 1.07. The van der Waals surface area contributed by atoms with E-state index in [1.165, 1.54) is 31.4 Å². The van der Waals surface area contributed by atoms with Crippen LogP contribution in [-0.2, 0) is 9.53 Å². The van der Waals surface area contributed by atoms with Crippen molar-refractivity contribution in [3.05, 3.63) is 35.6 Å². The van der Waals surface area contributed by atoms with Crippen LogP contribution in [0.3, 0.4) is 0 Å². The molecule has 1 aromatic rings. The van der Waals surface area contributed by atoms with E-state index in [0.717, 1.165) is 44.5 Å². The first-order valence-electron chi connectivity index (χ1n) is 9.35. The lowest BCUT2D eigenvalue weighted by molar-refractivity contribution is -0.122. The first kappa shape index (κ1) is 17.4. The van der Waals surface area contributed by atoms with Crippen molar-refractivity contribution in [3.8, 4) is 0 Å². The van der Waals surface area contributed by atoms with Crippen LogP contribution < -0.4 is 5.32 Å². The summed E-state index contributed by atoms with van der Waals surface area (Å²) in [4.78, 5) is 12.6. The van der Waals surface area contributed by atoms with Crippen LogP contribution in [0, 0.1) is 11.7 Å². The van der Waals surface area contributed by atoms with Gasteiger partial charge in [-0.1, -0.05) is 31.4 Å². The highest BCUT2D eigenvalue weighted by Gasteiger charge is 2.28. The van der Waals surface area contributed by atoms with Crippen LogP contribution in [-0.4, -0.2) is 25.2 Å². The van der Waals surface area contributed by atoms with Crippen LogP contribution in [0.2, 0.25) is 0 Å². The van der Waals surface area contributed by atoms with Crippen LogP contribution in [0.1, 0.15) is 62.8 Å². The van der Waals surface area contributed by atoms with Gasteiger partial charge in [0.1, 0.15) is 5.82 Å². The van der Waals surface area contributed by atoms with Gasteiger partial charge in [-0.3, -0.25) is 4.79 Å². The van der Waals surface area contributed by atoms with Crippen molar-refractivity contribution >= 4 is 5.91 Å². The number of nitrogens with one attached hydrogen (secondary N) is 1. The quantitative estimate of drug-likeness (QED) is 0.878. The molecule has 1 saturated carbocycles. The van der Waals surface area contributed by atoms with E-state index in [1.807, 2.05) is 12.1 Å². The predicted octanol–water partition coefficient (Wildman–Crippen LogP) is 4.17. The summed E-state index contributed by atoms with van der Waals surface area (Å²) in [5.74, 6) is 0.498. The Bertz CT molecular complexity index is 519. The van der Waals surface area contributed by atoms with Crippen molar-refractivity contribution in [3.63, 3.8) is 0 Å². The third kappa shape index (κ3) is 4.79. The van der Waals surface area contributed by atoms with Crippen molar-refractivity contribution in [2.24, 2.45) is 5.92 Å². The molecule has 3 rings (SSSR count). The van der Waals surface area contributed by atoms with E-state index in [1.54, 1.807) is 0 Å². The fourth-order valence-corrected chi connectivity index (χ4v) is 4.12. The molecule has 1 amide bonds. The fraction of sp³-hybridized carbons (Fsp3) is 0.650. The van der Waals surface area contributed by atoms with E-state index in [-0.39, 0.29) is 17.6 Å². The molecule has 1 unspecified atom stereocenters. The zero-order valence-corrected chi connectivity index (χ0v) is 14.3. The number of halogens is 1. The maximum Gasteiger partial charge on any atom is 0.220 e. The van der Waals surface area contributed by atoms with Crippen LogP contribution in [0.15, 0.2) is 24.3 Å². The summed E-state index contributed by atoms with van der Waals surface area (Å²) in [6.45, 7) is 1.51. The third-order valence-electron chi connectivity index (χ3n) is 5.51. The minimum absolute atomic E-state index is 0.141. The molecular weight excluding hydrogens is 305 g/mol. The molecular formula is C20H28FNO2. The van der Waals surface area contributed by atoms with Gasteiger partial charge in [0.25, 0.3) is 0 Å². The van der Waals surface area contributed by atoms with Crippen molar-refractivity contribution < 1.29 is 13.9 Å². The SMILES string of the molecule is O=C(CC(c1ccc(F)cc1)C1CCOCC1)NC1CCCCC1. The molecule has 1 aromatic carbocycles. The lowest BCUT2D eigenvalue weighted by atomic mass is 9.79. The van der Waals surface area contributed by atoms with Gasteiger partial charge in [0.2, 0.25) is 5.91 Å². The normalized spacial score (nSPS) is 21.4. The Morgan fingerprint density at radius 3 is 2.42 bits per heavy atom. The number of hydrogen-bond donors (Lipinski definition) is 1. The molecule has 1 N–H and O–H groups in total. The Morgan fingerprint density at radius 2 is 1.75 bits per heavy atom. The molecule has 0 aromatic heterocycles. The van der Waals surface area contributed by atoms with E-state index in [0.29, 0.717) is 18.4 Å². The van der Waals surface area contributed by atoms with Gasteiger partial charge in [-0.15, -0.1) is 0 Å². The molecule has 1 atom stereocenters. The highest BCUT2D eigenvalue weighted by Crippen LogP contribution is 2.35. The average molecular weight is 333 g/mol. The highest BCUT2D eigenvalue weighted by molar-refractivity contribution is 5.77. The second-order valence-corrected chi connectivity index (χ2v) is 7.21. The number of carbonyl (C=O) groups is 1. The van der Waals surface area contributed by atoms with Gasteiger partial charge < -0.3 is 10.1 Å². The second-order valence-electron chi connectivity index (χ2n) is 7.21. The minimum Gasteiger partial charge on any atom is -0.381 e. The average Bonchev–Trinajstić information content (AvgIpc) is 2.62. The summed E-state index contributed by atoms with van der Waals surface area (Å²) < 4.78 is 18.7. The van der Waals surface area contributed by atoms with Gasteiger partial charge in [0, 0.05) is 25.7 Å². The standard InChI is InChI=1S/C20H28FNO2/c21-17-8-6-15(7-9-17)19(16-10-12-24-13-11-16)14-20(23)22-18-4-2-1-3-5-18/h6-9,16,18-19H,1-5,10-14H2,(H,22,23). The van der Waals surface area contributed by atoms with Gasteiger partial charge in [0.15, 0.2) is 0 Å². The van der Waals surface area contributed by atoms with Gasteiger partial charge in [-0.05, 0) is 55.2 Å². The lowest BCUT2D eigenvalue weighted by Gasteiger charge is -2.31. The second kappa shape index (κ2) is 8.61. The first-order valence-corrected chi connectivity index (χ1v) is 9.35. The summed E-state index contributed by atoms with van der Waals surface area (Å²) in [7, 11) is 0. The molecule has 1 saturated heterocycles. The van der Waals surface area contributed by atoms with Crippen molar-refractivity contribution in [1.29, 1.82) is 0 Å². The molecule has 132 valence electrons. The number of benzene rings is 1. The summed E-state index contributed by atoms with van der Waals surface area (Å²) in [6, 6.07) is 7.02. The van der Waals surface area contributed by atoms with Crippen LogP contribution in [0.5, 0.6) is 0 Å². The molecule has 0 radical (unpaired) electrons. The molecule has 0 spiro atoms. The van der Waals surface area contributed by atoms with Gasteiger partial charge in [-0.2, -0.15) is 0 Å². The van der Waals surface area contributed by atoms with Gasteiger partial charge >= 0.3 is 0 Å². The van der Waals surface area contributed by atoms with E-state index in [4.69, 9.17) is 4.74 Å². The topological polar surface area (TPSA) is 38.3 Å². The fourth-order valence-electron chi connectivity index (χ4n) is 4.12. The summed E-state index contributed by atoms with van der Waals surface area (Å²) in [6.07, 6.45) is 8.35. The number of carbonyl (C=O) groups excluding carboxylic acids is 1. The third-order valence-corrected chi connectivity index (χ3v) is 5.51. The van der Waals surface area contributed by atoms with E-state index >= 15 is 0 Å². The Kier molecular flexibility index (Phi) is 6.24. The summed E-state index contributed by atoms with van der Waals surface area (Å²) >= 11 is 0.